The predicted octanol–water partition coefficient (Wildman–Crippen LogP) is 4.25. The number of rotatable bonds is 8. The average molecular weight is 534 g/mol. The van der Waals surface area contributed by atoms with Gasteiger partial charge in [0.2, 0.25) is 17.7 Å². The molecule has 8 nitrogen and oxygen atoms in total. The third-order valence-electron chi connectivity index (χ3n) is 7.61. The average Bonchev–Trinajstić information content (AvgIpc) is 3.41. The van der Waals surface area contributed by atoms with Crippen molar-refractivity contribution >= 4 is 41.0 Å². The van der Waals surface area contributed by atoms with Crippen LogP contribution >= 0.6 is 11.9 Å². The van der Waals surface area contributed by atoms with E-state index in [1.165, 1.54) is 21.7 Å². The van der Waals surface area contributed by atoms with Crippen molar-refractivity contribution in [2.24, 2.45) is 5.92 Å². The summed E-state index contributed by atoms with van der Waals surface area (Å²) in [7, 11) is 1.65. The summed E-state index contributed by atoms with van der Waals surface area (Å²) < 4.78 is 3.28. The maximum atomic E-state index is 14.0. The molecule has 1 fully saturated rings. The number of aryl methyl sites for hydroxylation is 2. The number of carbonyl (C=O) groups excluding carboxylic acids is 3. The maximum Gasteiger partial charge on any atom is 0.246 e. The molecular weight excluding hydrogens is 498 g/mol. The van der Waals surface area contributed by atoms with E-state index in [0.29, 0.717) is 6.42 Å². The summed E-state index contributed by atoms with van der Waals surface area (Å²) in [6, 6.07) is 14.2. The van der Waals surface area contributed by atoms with Gasteiger partial charge in [0, 0.05) is 31.4 Å². The number of nitriles is 1. The molecule has 3 atom stereocenters. The van der Waals surface area contributed by atoms with Crippen LogP contribution in [-0.4, -0.2) is 59.0 Å². The van der Waals surface area contributed by atoms with E-state index < -0.39 is 17.5 Å². The summed E-state index contributed by atoms with van der Waals surface area (Å²) >= 11 is 1.29. The summed E-state index contributed by atoms with van der Waals surface area (Å²) in [6.45, 7) is 8.15. The van der Waals surface area contributed by atoms with E-state index in [-0.39, 0.29) is 42.4 Å². The van der Waals surface area contributed by atoms with E-state index in [1.807, 2.05) is 70.2 Å². The fraction of sp³-hybridized carbons (Fsp3) is 0.448. The molecular formula is C29H35N5O3S. The number of fused-ring (bicyclic) bond motifs is 2. The van der Waals surface area contributed by atoms with Gasteiger partial charge in [-0.1, -0.05) is 50.2 Å². The lowest BCUT2D eigenvalue weighted by Crippen LogP contribution is -2.52. The number of anilines is 2. The quantitative estimate of drug-likeness (QED) is 0.492. The third kappa shape index (κ3) is 5.10. The number of para-hydroxylation sites is 2. The van der Waals surface area contributed by atoms with Gasteiger partial charge < -0.3 is 19.8 Å². The Hall–Kier alpha value is -3.51. The van der Waals surface area contributed by atoms with Crippen molar-refractivity contribution in [1.82, 2.24) is 9.80 Å². The Morgan fingerprint density at radius 2 is 1.89 bits per heavy atom. The Kier molecular flexibility index (Phi) is 8.02. The molecule has 3 amide bonds. The van der Waals surface area contributed by atoms with Gasteiger partial charge in [-0.2, -0.15) is 5.26 Å². The topological polar surface area (TPSA) is 106 Å². The number of nitrogens with zero attached hydrogens (tertiary/aromatic N) is 3. The SMILES string of the molecule is Cc1cccc(C)c1NSCC(=O)N(C)[C@@H](CC(C)C)C(=O)N1C[C@]2(C[C@H]1C#N)C(=O)Nc1ccccc12. The van der Waals surface area contributed by atoms with Gasteiger partial charge in [-0.25, -0.2) is 0 Å². The molecule has 2 aromatic rings. The zero-order valence-corrected chi connectivity index (χ0v) is 23.4. The molecule has 38 heavy (non-hydrogen) atoms. The fourth-order valence-electron chi connectivity index (χ4n) is 5.47. The summed E-state index contributed by atoms with van der Waals surface area (Å²) in [6.07, 6.45) is 0.695. The first-order valence-electron chi connectivity index (χ1n) is 12.9. The Morgan fingerprint density at radius 1 is 1.21 bits per heavy atom. The number of benzene rings is 2. The van der Waals surface area contributed by atoms with E-state index in [0.717, 1.165) is 28.1 Å². The number of likely N-dealkylation sites (N-methyl/N-ethyl adjacent to an activating group) is 1. The van der Waals surface area contributed by atoms with Crippen LogP contribution < -0.4 is 10.0 Å². The van der Waals surface area contributed by atoms with Crippen molar-refractivity contribution < 1.29 is 14.4 Å². The number of amides is 3. The molecule has 9 heteroatoms. The van der Waals surface area contributed by atoms with Gasteiger partial charge in [-0.15, -0.1) is 0 Å². The summed E-state index contributed by atoms with van der Waals surface area (Å²) in [4.78, 5) is 43.3. The monoisotopic (exact) mass is 533 g/mol. The summed E-state index contributed by atoms with van der Waals surface area (Å²) in [5, 5.41) is 12.9. The zero-order chi connectivity index (χ0) is 27.6. The standard InChI is InChI=1S/C29H35N5O3S/c1-18(2)13-24(33(5)25(35)16-38-32-26-19(3)9-8-10-20(26)4)27(36)34-17-29(14-21(34)15-30)22-11-6-7-12-23(22)31-28(29)37/h6-12,18,21,24,32H,13-14,16-17H2,1-5H3,(H,31,37)/t21-,24-,29-/m0/s1. The van der Waals surface area contributed by atoms with Crippen molar-refractivity contribution in [2.45, 2.75) is 58.0 Å². The van der Waals surface area contributed by atoms with Gasteiger partial charge in [0.05, 0.1) is 17.2 Å². The van der Waals surface area contributed by atoms with E-state index in [4.69, 9.17) is 0 Å². The molecule has 0 aromatic heterocycles. The number of hydrogen-bond donors (Lipinski definition) is 2. The Balaban J connectivity index is 1.51. The second-order valence-electron chi connectivity index (χ2n) is 10.7. The highest BCUT2D eigenvalue weighted by atomic mass is 32.2. The summed E-state index contributed by atoms with van der Waals surface area (Å²) in [5.74, 6) is -0.365. The second-order valence-corrected chi connectivity index (χ2v) is 11.5. The van der Waals surface area contributed by atoms with Crippen LogP contribution in [0.1, 0.15) is 43.4 Å². The Bertz CT molecular complexity index is 1270. The first-order valence-corrected chi connectivity index (χ1v) is 13.9. The minimum Gasteiger partial charge on any atom is -0.333 e. The normalized spacial score (nSPS) is 20.7. The smallest absolute Gasteiger partial charge is 0.246 e. The lowest BCUT2D eigenvalue weighted by atomic mass is 9.80. The fourth-order valence-corrected chi connectivity index (χ4v) is 6.34. The molecule has 1 saturated heterocycles. The highest BCUT2D eigenvalue weighted by Gasteiger charge is 2.56. The lowest BCUT2D eigenvalue weighted by Gasteiger charge is -2.33. The third-order valence-corrected chi connectivity index (χ3v) is 8.35. The van der Waals surface area contributed by atoms with E-state index in [9.17, 15) is 19.6 Å². The molecule has 2 aromatic carbocycles. The van der Waals surface area contributed by atoms with Gasteiger partial charge in [0.25, 0.3) is 0 Å². The number of carbonyl (C=O) groups is 3. The molecule has 0 unspecified atom stereocenters. The molecule has 2 N–H and O–H groups in total. The number of hydrogen-bond acceptors (Lipinski definition) is 6. The van der Waals surface area contributed by atoms with Gasteiger partial charge in [-0.3, -0.25) is 14.4 Å². The van der Waals surface area contributed by atoms with Crippen molar-refractivity contribution in [2.75, 3.05) is 29.4 Å². The second kappa shape index (κ2) is 11.1. The summed E-state index contributed by atoms with van der Waals surface area (Å²) in [5.41, 5.74) is 3.76. The van der Waals surface area contributed by atoms with Crippen LogP contribution in [0.3, 0.4) is 0 Å². The molecule has 0 bridgehead atoms. The first-order chi connectivity index (χ1) is 18.1. The van der Waals surface area contributed by atoms with Gasteiger partial charge in [0.15, 0.2) is 0 Å². The van der Waals surface area contributed by atoms with Crippen LogP contribution in [0.2, 0.25) is 0 Å². The highest BCUT2D eigenvalue weighted by Crippen LogP contribution is 2.46. The van der Waals surface area contributed by atoms with Crippen LogP contribution in [0, 0.1) is 31.1 Å². The van der Waals surface area contributed by atoms with Gasteiger partial charge in [0.1, 0.15) is 12.1 Å². The van der Waals surface area contributed by atoms with E-state index in [2.05, 4.69) is 16.1 Å². The van der Waals surface area contributed by atoms with E-state index in [1.54, 1.807) is 7.05 Å². The lowest BCUT2D eigenvalue weighted by molar-refractivity contribution is -0.144. The van der Waals surface area contributed by atoms with Crippen LogP contribution in [0.15, 0.2) is 42.5 Å². The number of likely N-dealkylation sites (tertiary alicyclic amines) is 1. The van der Waals surface area contributed by atoms with Crippen molar-refractivity contribution in [3.63, 3.8) is 0 Å². The Morgan fingerprint density at radius 3 is 2.55 bits per heavy atom. The zero-order valence-electron chi connectivity index (χ0n) is 22.6. The van der Waals surface area contributed by atoms with Crippen molar-refractivity contribution in [1.29, 1.82) is 5.26 Å². The van der Waals surface area contributed by atoms with Crippen LogP contribution in [0.25, 0.3) is 0 Å². The molecule has 0 radical (unpaired) electrons. The molecule has 0 saturated carbocycles. The molecule has 2 aliphatic heterocycles. The molecule has 2 aliphatic rings. The minimum absolute atomic E-state index is 0.117. The largest absolute Gasteiger partial charge is 0.333 e. The van der Waals surface area contributed by atoms with Gasteiger partial charge >= 0.3 is 0 Å². The van der Waals surface area contributed by atoms with Crippen LogP contribution in [-0.2, 0) is 19.8 Å². The molecule has 4 rings (SSSR count). The van der Waals surface area contributed by atoms with E-state index >= 15 is 0 Å². The highest BCUT2D eigenvalue weighted by molar-refractivity contribution is 8.01. The van der Waals surface area contributed by atoms with Crippen LogP contribution in [0.5, 0.6) is 0 Å². The molecule has 200 valence electrons. The van der Waals surface area contributed by atoms with Gasteiger partial charge in [-0.05, 0) is 60.9 Å². The predicted molar refractivity (Wildman–Crippen MR) is 150 cm³/mol. The number of nitrogens with one attached hydrogen (secondary N) is 2. The van der Waals surface area contributed by atoms with Crippen LogP contribution in [0.4, 0.5) is 11.4 Å². The molecule has 0 aliphatic carbocycles. The molecule has 2 heterocycles. The van der Waals surface area contributed by atoms with Crippen molar-refractivity contribution in [3.05, 3.63) is 59.2 Å². The minimum atomic E-state index is -0.956. The Labute approximate surface area is 228 Å². The maximum absolute atomic E-state index is 14.0. The van der Waals surface area contributed by atoms with Crippen molar-refractivity contribution in [3.8, 4) is 6.07 Å². The molecule has 1 spiro atoms. The first kappa shape index (κ1) is 27.5.